The van der Waals surface area contributed by atoms with Crippen LogP contribution in [-0.2, 0) is 18.3 Å². The molecule has 27 heavy (non-hydrogen) atoms. The van der Waals surface area contributed by atoms with Crippen molar-refractivity contribution in [3.63, 3.8) is 0 Å². The zero-order valence-electron chi connectivity index (χ0n) is 15.0. The van der Waals surface area contributed by atoms with Crippen molar-refractivity contribution in [3.05, 3.63) is 113 Å². The molecule has 0 radical (unpaired) electrons. The topological polar surface area (TPSA) is 12.9 Å². The molecule has 0 saturated heterocycles. The van der Waals surface area contributed by atoms with Crippen molar-refractivity contribution in [2.45, 2.75) is 18.3 Å². The zero-order valence-corrected chi connectivity index (χ0v) is 15.0. The lowest BCUT2D eigenvalue weighted by Gasteiger charge is -2.26. The van der Waals surface area contributed by atoms with Crippen molar-refractivity contribution < 1.29 is 0 Å². The first-order valence-corrected chi connectivity index (χ1v) is 9.58. The third-order valence-electron chi connectivity index (χ3n) is 6.33. The Morgan fingerprint density at radius 1 is 0.630 bits per heavy atom. The maximum Gasteiger partial charge on any atom is 0.0702 e. The molecule has 0 bridgehead atoms. The van der Waals surface area contributed by atoms with E-state index in [9.17, 15) is 0 Å². The molecule has 0 unspecified atom stereocenters. The van der Waals surface area contributed by atoms with Gasteiger partial charge in [0.25, 0.3) is 0 Å². The summed E-state index contributed by atoms with van der Waals surface area (Å²) in [5.41, 5.74) is 11.1. The van der Waals surface area contributed by atoms with E-state index in [0.29, 0.717) is 0 Å². The van der Waals surface area contributed by atoms with E-state index in [4.69, 9.17) is 0 Å². The third kappa shape index (κ3) is 2.03. The fourth-order valence-corrected chi connectivity index (χ4v) is 5.17. The maximum atomic E-state index is 4.54. The van der Waals surface area contributed by atoms with Crippen LogP contribution in [-0.4, -0.2) is 4.98 Å². The molecule has 4 aromatic rings. The summed E-state index contributed by atoms with van der Waals surface area (Å²) in [4.78, 5) is 4.54. The Labute approximate surface area is 159 Å². The first kappa shape index (κ1) is 14.9. The van der Waals surface area contributed by atoms with Gasteiger partial charge in [-0.25, -0.2) is 0 Å². The summed E-state index contributed by atoms with van der Waals surface area (Å²) in [5, 5.41) is 0. The van der Waals surface area contributed by atoms with Gasteiger partial charge in [0.05, 0.1) is 5.69 Å². The molecule has 1 heteroatoms. The minimum absolute atomic E-state index is 0.0816. The number of pyridine rings is 1. The van der Waals surface area contributed by atoms with Gasteiger partial charge in [0.2, 0.25) is 0 Å². The van der Waals surface area contributed by atoms with E-state index in [1.165, 1.54) is 38.9 Å². The van der Waals surface area contributed by atoms with Gasteiger partial charge in [-0.3, -0.25) is 4.98 Å². The van der Waals surface area contributed by atoms with Gasteiger partial charge in [-0.05, 0) is 64.4 Å². The Bertz CT molecular complexity index is 1130. The van der Waals surface area contributed by atoms with Crippen LogP contribution in [0.25, 0.3) is 22.4 Å². The van der Waals surface area contributed by atoms with Gasteiger partial charge in [0, 0.05) is 17.2 Å². The van der Waals surface area contributed by atoms with Crippen LogP contribution in [0.4, 0.5) is 0 Å². The van der Waals surface area contributed by atoms with Gasteiger partial charge in [0.1, 0.15) is 0 Å². The minimum Gasteiger partial charge on any atom is -0.256 e. The van der Waals surface area contributed by atoms with Gasteiger partial charge < -0.3 is 0 Å². The fourth-order valence-electron chi connectivity index (χ4n) is 5.17. The van der Waals surface area contributed by atoms with Gasteiger partial charge in [0.15, 0.2) is 0 Å². The molecular weight excluding hydrogens is 326 g/mol. The molecule has 0 amide bonds. The van der Waals surface area contributed by atoms with Crippen LogP contribution in [0.1, 0.15) is 22.3 Å². The third-order valence-corrected chi connectivity index (χ3v) is 6.33. The molecule has 1 heterocycles. The lowest BCUT2D eigenvalue weighted by Crippen LogP contribution is -2.25. The van der Waals surface area contributed by atoms with Crippen LogP contribution in [0.5, 0.6) is 0 Å². The first-order valence-electron chi connectivity index (χ1n) is 9.58. The smallest absolute Gasteiger partial charge is 0.0702 e. The summed E-state index contributed by atoms with van der Waals surface area (Å²) in [7, 11) is 0. The molecule has 0 atom stereocenters. The number of rotatable bonds is 1. The molecule has 6 rings (SSSR count). The first-order chi connectivity index (χ1) is 13.4. The molecule has 0 aliphatic heterocycles. The van der Waals surface area contributed by atoms with Gasteiger partial charge >= 0.3 is 0 Å². The summed E-state index contributed by atoms with van der Waals surface area (Å²) in [6.45, 7) is 0. The summed E-state index contributed by atoms with van der Waals surface area (Å²) in [5.74, 6) is 0. The van der Waals surface area contributed by atoms with Crippen LogP contribution in [0, 0.1) is 0 Å². The SMILES string of the molecule is c1ccc(-c2ccc3c(c2)CC2(C3)c3ccccc3-c3ccccc32)nc1. The molecule has 0 saturated carbocycles. The van der Waals surface area contributed by atoms with E-state index in [1.807, 2.05) is 12.3 Å². The Hall–Kier alpha value is -3.19. The average molecular weight is 345 g/mol. The summed E-state index contributed by atoms with van der Waals surface area (Å²) in [6, 6.07) is 31.0. The number of fused-ring (bicyclic) bond motifs is 6. The number of aromatic nitrogens is 1. The normalized spacial score (nSPS) is 15.4. The second-order valence-electron chi connectivity index (χ2n) is 7.73. The van der Waals surface area contributed by atoms with E-state index in [1.54, 1.807) is 0 Å². The van der Waals surface area contributed by atoms with Crippen LogP contribution < -0.4 is 0 Å². The predicted molar refractivity (Wildman–Crippen MR) is 110 cm³/mol. The highest BCUT2D eigenvalue weighted by Crippen LogP contribution is 2.55. The van der Waals surface area contributed by atoms with Crippen molar-refractivity contribution >= 4 is 0 Å². The predicted octanol–water partition coefficient (Wildman–Crippen LogP) is 5.81. The highest BCUT2D eigenvalue weighted by atomic mass is 14.7. The molecule has 128 valence electrons. The molecule has 0 fully saturated rings. The molecule has 1 nitrogen and oxygen atoms in total. The molecule has 1 spiro atoms. The molecule has 0 N–H and O–H groups in total. The quantitative estimate of drug-likeness (QED) is 0.424. The molecule has 3 aromatic carbocycles. The highest BCUT2D eigenvalue weighted by Gasteiger charge is 2.46. The fraction of sp³-hybridized carbons (Fsp3) is 0.115. The van der Waals surface area contributed by atoms with E-state index in [-0.39, 0.29) is 5.41 Å². The zero-order chi connectivity index (χ0) is 17.8. The standard InChI is InChI=1S/C26H19N/c1-3-9-23-21(7-1)22-8-2-4-10-24(22)26(23)16-19-13-12-18(15-20(19)17-26)25-11-5-6-14-27-25/h1-15H,16-17H2. The highest BCUT2D eigenvalue weighted by molar-refractivity contribution is 5.82. The Morgan fingerprint density at radius 2 is 1.30 bits per heavy atom. The molecular formula is C26H19N. The molecule has 2 aliphatic rings. The summed E-state index contributed by atoms with van der Waals surface area (Å²) in [6.07, 6.45) is 4.02. The van der Waals surface area contributed by atoms with Crippen LogP contribution in [0.2, 0.25) is 0 Å². The largest absolute Gasteiger partial charge is 0.256 e. The van der Waals surface area contributed by atoms with E-state index in [0.717, 1.165) is 18.5 Å². The second kappa shape index (κ2) is 5.40. The Balaban J connectivity index is 1.52. The molecule has 1 aromatic heterocycles. The van der Waals surface area contributed by atoms with Crippen molar-refractivity contribution in [2.75, 3.05) is 0 Å². The number of hydrogen-bond donors (Lipinski definition) is 0. The van der Waals surface area contributed by atoms with E-state index < -0.39 is 0 Å². The summed E-state index contributed by atoms with van der Waals surface area (Å²) >= 11 is 0. The Kier molecular flexibility index (Phi) is 2.99. The van der Waals surface area contributed by atoms with Crippen molar-refractivity contribution in [2.24, 2.45) is 0 Å². The number of nitrogens with zero attached hydrogens (tertiary/aromatic N) is 1. The van der Waals surface area contributed by atoms with E-state index in [2.05, 4.69) is 83.8 Å². The van der Waals surface area contributed by atoms with Crippen molar-refractivity contribution in [1.82, 2.24) is 4.98 Å². The minimum atomic E-state index is 0.0816. The number of hydrogen-bond acceptors (Lipinski definition) is 1. The summed E-state index contributed by atoms with van der Waals surface area (Å²) < 4.78 is 0. The number of benzene rings is 3. The van der Waals surface area contributed by atoms with Crippen molar-refractivity contribution in [1.29, 1.82) is 0 Å². The Morgan fingerprint density at radius 3 is 2.00 bits per heavy atom. The van der Waals surface area contributed by atoms with Gasteiger partial charge in [-0.2, -0.15) is 0 Å². The maximum absolute atomic E-state index is 4.54. The van der Waals surface area contributed by atoms with Crippen molar-refractivity contribution in [3.8, 4) is 22.4 Å². The van der Waals surface area contributed by atoms with Crippen LogP contribution in [0.15, 0.2) is 91.1 Å². The second-order valence-corrected chi connectivity index (χ2v) is 7.73. The molecule has 2 aliphatic carbocycles. The average Bonchev–Trinajstić information content (AvgIpc) is 3.25. The lowest BCUT2D eigenvalue weighted by atomic mass is 9.76. The lowest BCUT2D eigenvalue weighted by molar-refractivity contribution is 0.563. The van der Waals surface area contributed by atoms with Gasteiger partial charge in [-0.15, -0.1) is 0 Å². The van der Waals surface area contributed by atoms with Crippen LogP contribution >= 0.6 is 0 Å². The van der Waals surface area contributed by atoms with E-state index >= 15 is 0 Å². The van der Waals surface area contributed by atoms with Crippen LogP contribution in [0.3, 0.4) is 0 Å². The monoisotopic (exact) mass is 345 g/mol. The van der Waals surface area contributed by atoms with Gasteiger partial charge in [-0.1, -0.05) is 66.7 Å².